The number of pyridine rings is 1. The van der Waals surface area contributed by atoms with Crippen molar-refractivity contribution in [3.05, 3.63) is 51.3 Å². The maximum absolute atomic E-state index is 13.4. The standard InChI is InChI=1S/C11H4BrClF3NO/c12-5-1-7(14)10(16)9(2-5)18-11-8(15)3-6(13)4-17-11/h1-4H. The minimum absolute atomic E-state index is 0.0701. The minimum atomic E-state index is -1.23. The molecule has 0 bridgehead atoms. The Balaban J connectivity index is 2.40. The highest BCUT2D eigenvalue weighted by molar-refractivity contribution is 9.10. The van der Waals surface area contributed by atoms with Crippen molar-refractivity contribution in [1.82, 2.24) is 4.98 Å². The van der Waals surface area contributed by atoms with Crippen LogP contribution in [-0.2, 0) is 0 Å². The van der Waals surface area contributed by atoms with Crippen LogP contribution in [0.15, 0.2) is 28.9 Å². The van der Waals surface area contributed by atoms with Crippen molar-refractivity contribution >= 4 is 27.5 Å². The summed E-state index contributed by atoms with van der Waals surface area (Å²) in [6.45, 7) is 0. The molecule has 0 spiro atoms. The van der Waals surface area contributed by atoms with Gasteiger partial charge in [-0.1, -0.05) is 27.5 Å². The van der Waals surface area contributed by atoms with Crippen molar-refractivity contribution in [2.45, 2.75) is 0 Å². The average molecular weight is 339 g/mol. The molecule has 0 saturated heterocycles. The van der Waals surface area contributed by atoms with E-state index in [-0.39, 0.29) is 9.50 Å². The number of aromatic nitrogens is 1. The van der Waals surface area contributed by atoms with Crippen molar-refractivity contribution in [1.29, 1.82) is 0 Å². The number of nitrogens with zero attached hydrogens (tertiary/aromatic N) is 1. The van der Waals surface area contributed by atoms with Gasteiger partial charge in [0.05, 0.1) is 5.02 Å². The number of hydrogen-bond acceptors (Lipinski definition) is 2. The van der Waals surface area contributed by atoms with Crippen LogP contribution >= 0.6 is 27.5 Å². The molecule has 0 aliphatic rings. The fourth-order valence-electron chi connectivity index (χ4n) is 1.19. The normalized spacial score (nSPS) is 10.5. The van der Waals surface area contributed by atoms with Crippen LogP contribution in [-0.4, -0.2) is 4.98 Å². The van der Waals surface area contributed by atoms with Crippen molar-refractivity contribution in [3.8, 4) is 11.6 Å². The van der Waals surface area contributed by atoms with E-state index in [1.165, 1.54) is 0 Å². The van der Waals surface area contributed by atoms with Crippen LogP contribution in [0, 0.1) is 17.5 Å². The van der Waals surface area contributed by atoms with E-state index in [2.05, 4.69) is 20.9 Å². The first-order valence-corrected chi connectivity index (χ1v) is 5.78. The van der Waals surface area contributed by atoms with Gasteiger partial charge in [0.15, 0.2) is 17.4 Å². The summed E-state index contributed by atoms with van der Waals surface area (Å²) in [5.74, 6) is -4.18. The van der Waals surface area contributed by atoms with E-state index in [9.17, 15) is 13.2 Å². The molecule has 94 valence electrons. The van der Waals surface area contributed by atoms with Crippen molar-refractivity contribution in [3.63, 3.8) is 0 Å². The van der Waals surface area contributed by atoms with Crippen LogP contribution in [0.25, 0.3) is 0 Å². The molecular formula is C11H4BrClF3NO. The van der Waals surface area contributed by atoms with Gasteiger partial charge in [-0.05, 0) is 18.2 Å². The number of hydrogen-bond donors (Lipinski definition) is 0. The van der Waals surface area contributed by atoms with Gasteiger partial charge in [-0.25, -0.2) is 13.8 Å². The van der Waals surface area contributed by atoms with Gasteiger partial charge < -0.3 is 4.74 Å². The van der Waals surface area contributed by atoms with E-state index in [0.717, 1.165) is 24.4 Å². The Hall–Kier alpha value is -1.27. The number of halogens is 5. The molecule has 1 aromatic heterocycles. The molecule has 0 N–H and O–H groups in total. The lowest BCUT2D eigenvalue weighted by Crippen LogP contribution is -1.96. The van der Waals surface area contributed by atoms with Crippen molar-refractivity contribution < 1.29 is 17.9 Å². The maximum atomic E-state index is 13.4. The molecule has 0 unspecified atom stereocenters. The Labute approximate surface area is 113 Å². The van der Waals surface area contributed by atoms with Gasteiger partial charge >= 0.3 is 0 Å². The molecule has 0 saturated carbocycles. The van der Waals surface area contributed by atoms with Gasteiger partial charge in [0.1, 0.15) is 0 Å². The van der Waals surface area contributed by atoms with Crippen LogP contribution in [0.1, 0.15) is 0 Å². The Morgan fingerprint density at radius 3 is 2.50 bits per heavy atom. The third-order valence-electron chi connectivity index (χ3n) is 1.94. The summed E-state index contributed by atoms with van der Waals surface area (Å²) in [5.41, 5.74) is 0. The van der Waals surface area contributed by atoms with E-state index >= 15 is 0 Å². The molecule has 2 aromatic rings. The second-order valence-corrected chi connectivity index (χ2v) is 4.59. The monoisotopic (exact) mass is 337 g/mol. The summed E-state index contributed by atoms with van der Waals surface area (Å²) < 4.78 is 45.0. The Kier molecular flexibility index (Phi) is 3.77. The van der Waals surface area contributed by atoms with Crippen LogP contribution < -0.4 is 4.74 Å². The van der Waals surface area contributed by atoms with E-state index in [4.69, 9.17) is 16.3 Å². The van der Waals surface area contributed by atoms with Gasteiger partial charge in [0, 0.05) is 10.7 Å². The van der Waals surface area contributed by atoms with E-state index in [1.807, 2.05) is 0 Å². The highest BCUT2D eigenvalue weighted by atomic mass is 79.9. The highest BCUT2D eigenvalue weighted by Gasteiger charge is 2.15. The van der Waals surface area contributed by atoms with Crippen LogP contribution in [0.5, 0.6) is 11.6 Å². The van der Waals surface area contributed by atoms with Gasteiger partial charge in [-0.15, -0.1) is 0 Å². The van der Waals surface area contributed by atoms with E-state index < -0.39 is 29.1 Å². The molecule has 0 atom stereocenters. The fourth-order valence-corrected chi connectivity index (χ4v) is 1.74. The number of rotatable bonds is 2. The Morgan fingerprint density at radius 2 is 1.83 bits per heavy atom. The maximum Gasteiger partial charge on any atom is 0.256 e. The summed E-state index contributed by atoms with van der Waals surface area (Å²) in [6.07, 6.45) is 1.13. The Morgan fingerprint density at radius 1 is 1.11 bits per heavy atom. The van der Waals surface area contributed by atoms with Crippen molar-refractivity contribution in [2.75, 3.05) is 0 Å². The Bertz CT molecular complexity index is 609. The largest absolute Gasteiger partial charge is 0.433 e. The number of ether oxygens (including phenoxy) is 1. The van der Waals surface area contributed by atoms with Crippen LogP contribution in [0.2, 0.25) is 5.02 Å². The molecule has 2 nitrogen and oxygen atoms in total. The molecule has 0 aliphatic heterocycles. The third-order valence-corrected chi connectivity index (χ3v) is 2.60. The summed E-state index contributed by atoms with van der Waals surface area (Å²) in [4.78, 5) is 3.54. The summed E-state index contributed by atoms with van der Waals surface area (Å²) in [7, 11) is 0. The summed E-state index contributed by atoms with van der Waals surface area (Å²) in [5, 5.41) is 0.0701. The lowest BCUT2D eigenvalue weighted by atomic mass is 10.3. The zero-order valence-electron chi connectivity index (χ0n) is 8.55. The highest BCUT2D eigenvalue weighted by Crippen LogP contribution is 2.30. The zero-order chi connectivity index (χ0) is 13.3. The molecule has 2 rings (SSSR count). The lowest BCUT2D eigenvalue weighted by molar-refractivity contribution is 0.383. The molecule has 1 heterocycles. The molecule has 0 fully saturated rings. The SMILES string of the molecule is Fc1cc(Cl)cnc1Oc1cc(Br)cc(F)c1F. The first-order valence-electron chi connectivity index (χ1n) is 4.61. The van der Waals surface area contributed by atoms with Gasteiger partial charge in [0.2, 0.25) is 5.82 Å². The molecule has 1 aromatic carbocycles. The zero-order valence-corrected chi connectivity index (χ0v) is 10.9. The van der Waals surface area contributed by atoms with E-state index in [0.29, 0.717) is 0 Å². The molecule has 0 radical (unpaired) electrons. The fraction of sp³-hybridized carbons (Fsp3) is 0. The van der Waals surface area contributed by atoms with Gasteiger partial charge in [-0.2, -0.15) is 4.39 Å². The second kappa shape index (κ2) is 5.16. The predicted molar refractivity (Wildman–Crippen MR) is 63.3 cm³/mol. The molecule has 0 aliphatic carbocycles. The summed E-state index contributed by atoms with van der Waals surface area (Å²) >= 11 is 8.47. The molecule has 0 amide bonds. The van der Waals surface area contributed by atoms with Crippen molar-refractivity contribution in [2.24, 2.45) is 0 Å². The topological polar surface area (TPSA) is 22.1 Å². The molecule has 7 heteroatoms. The van der Waals surface area contributed by atoms with E-state index in [1.54, 1.807) is 0 Å². The first-order chi connectivity index (χ1) is 8.47. The number of benzene rings is 1. The second-order valence-electron chi connectivity index (χ2n) is 3.24. The first kappa shape index (κ1) is 13.2. The van der Waals surface area contributed by atoms with Crippen LogP contribution in [0.3, 0.4) is 0 Å². The smallest absolute Gasteiger partial charge is 0.256 e. The molecular weight excluding hydrogens is 334 g/mol. The quantitative estimate of drug-likeness (QED) is 0.740. The minimum Gasteiger partial charge on any atom is -0.433 e. The predicted octanol–water partition coefficient (Wildman–Crippen LogP) is 4.71. The third kappa shape index (κ3) is 2.76. The van der Waals surface area contributed by atoms with Crippen LogP contribution in [0.4, 0.5) is 13.2 Å². The van der Waals surface area contributed by atoms with Gasteiger partial charge in [-0.3, -0.25) is 0 Å². The lowest BCUT2D eigenvalue weighted by Gasteiger charge is -2.07. The van der Waals surface area contributed by atoms with Gasteiger partial charge in [0.25, 0.3) is 5.88 Å². The summed E-state index contributed by atoms with van der Waals surface area (Å²) in [6, 6.07) is 3.04. The average Bonchev–Trinajstić information content (AvgIpc) is 2.29. The molecule has 18 heavy (non-hydrogen) atoms.